The summed E-state index contributed by atoms with van der Waals surface area (Å²) in [5.74, 6) is 2.29. The number of fused-ring (bicyclic) bond motifs is 1. The van der Waals surface area contributed by atoms with Crippen LogP contribution in [-0.4, -0.2) is 19.9 Å². The number of nitrogens with two attached hydrogens (primary N) is 1. The molecule has 2 aliphatic rings. The maximum Gasteiger partial charge on any atom is 0.231 e. The lowest BCUT2D eigenvalue weighted by atomic mass is 10.0. The highest BCUT2D eigenvalue weighted by Crippen LogP contribution is 2.45. The average Bonchev–Trinajstić information content (AvgIpc) is 3.07. The van der Waals surface area contributed by atoms with E-state index in [0.29, 0.717) is 25.9 Å². The minimum absolute atomic E-state index is 0.160. The third-order valence-electron chi connectivity index (χ3n) is 3.19. The van der Waals surface area contributed by atoms with Crippen LogP contribution in [0.2, 0.25) is 0 Å². The van der Waals surface area contributed by atoms with Gasteiger partial charge >= 0.3 is 0 Å². The predicted molar refractivity (Wildman–Crippen MR) is 63.0 cm³/mol. The Kier molecular flexibility index (Phi) is 2.91. The molecule has 4 heteroatoms. The first kappa shape index (κ1) is 10.9. The average molecular weight is 235 g/mol. The van der Waals surface area contributed by atoms with Gasteiger partial charge in [-0.1, -0.05) is 6.07 Å². The maximum absolute atomic E-state index is 5.84. The zero-order chi connectivity index (χ0) is 11.7. The monoisotopic (exact) mass is 235 g/mol. The van der Waals surface area contributed by atoms with Gasteiger partial charge in [0.05, 0.1) is 12.7 Å². The van der Waals surface area contributed by atoms with Gasteiger partial charge in [0, 0.05) is 6.54 Å². The molecule has 0 spiro atoms. The van der Waals surface area contributed by atoms with Gasteiger partial charge in [-0.2, -0.15) is 0 Å². The van der Waals surface area contributed by atoms with Gasteiger partial charge in [-0.15, -0.1) is 0 Å². The number of benzene rings is 1. The lowest BCUT2D eigenvalue weighted by Crippen LogP contribution is -2.14. The van der Waals surface area contributed by atoms with E-state index in [1.807, 2.05) is 12.1 Å². The summed E-state index contributed by atoms with van der Waals surface area (Å²) < 4.78 is 16.5. The zero-order valence-electron chi connectivity index (χ0n) is 9.72. The lowest BCUT2D eigenvalue weighted by Gasteiger charge is -2.17. The molecule has 1 aromatic carbocycles. The highest BCUT2D eigenvalue weighted by molar-refractivity contribution is 5.45. The van der Waals surface area contributed by atoms with Crippen LogP contribution in [0.5, 0.6) is 11.5 Å². The molecule has 3 rings (SSSR count). The first-order valence-corrected chi connectivity index (χ1v) is 6.09. The molecule has 1 heterocycles. The summed E-state index contributed by atoms with van der Waals surface area (Å²) >= 11 is 0. The molecule has 1 saturated carbocycles. The fraction of sp³-hybridized carbons (Fsp3) is 0.538. The Balaban J connectivity index is 1.80. The van der Waals surface area contributed by atoms with Gasteiger partial charge in [0.2, 0.25) is 6.79 Å². The minimum atomic E-state index is 0.160. The summed E-state index contributed by atoms with van der Waals surface area (Å²) in [6, 6.07) is 6.05. The first-order valence-electron chi connectivity index (χ1n) is 6.09. The molecule has 0 radical (unpaired) electrons. The fourth-order valence-corrected chi connectivity index (χ4v) is 2.19. The summed E-state index contributed by atoms with van der Waals surface area (Å²) in [4.78, 5) is 0. The molecule has 1 atom stereocenters. The van der Waals surface area contributed by atoms with E-state index in [9.17, 15) is 0 Å². The van der Waals surface area contributed by atoms with E-state index < -0.39 is 0 Å². The quantitative estimate of drug-likeness (QED) is 0.846. The molecular weight excluding hydrogens is 218 g/mol. The van der Waals surface area contributed by atoms with Crippen LogP contribution in [0.4, 0.5) is 0 Å². The van der Waals surface area contributed by atoms with Crippen LogP contribution in [-0.2, 0) is 4.74 Å². The van der Waals surface area contributed by atoms with Crippen LogP contribution < -0.4 is 15.2 Å². The van der Waals surface area contributed by atoms with E-state index in [0.717, 1.165) is 11.5 Å². The molecule has 0 saturated heterocycles. The summed E-state index contributed by atoms with van der Waals surface area (Å²) in [6.07, 6.45) is 2.64. The van der Waals surface area contributed by atoms with Crippen molar-refractivity contribution in [3.05, 3.63) is 23.8 Å². The van der Waals surface area contributed by atoms with Crippen LogP contribution >= 0.6 is 0 Å². The van der Waals surface area contributed by atoms with Crippen LogP contribution in [0.1, 0.15) is 24.5 Å². The second-order valence-electron chi connectivity index (χ2n) is 4.53. The van der Waals surface area contributed by atoms with E-state index in [1.165, 1.54) is 18.4 Å². The van der Waals surface area contributed by atoms with E-state index >= 15 is 0 Å². The Bertz CT molecular complexity index is 404. The molecule has 1 aliphatic heterocycles. The SMILES string of the molecule is NCCOC(c1ccc2c(c1)OCO2)C1CC1. The Labute approximate surface area is 101 Å². The molecule has 0 bridgehead atoms. The normalized spacial score (nSPS) is 19.4. The number of ether oxygens (including phenoxy) is 3. The Morgan fingerprint density at radius 2 is 2.12 bits per heavy atom. The van der Waals surface area contributed by atoms with Crippen molar-refractivity contribution in [3.63, 3.8) is 0 Å². The van der Waals surface area contributed by atoms with Gasteiger partial charge in [-0.05, 0) is 36.5 Å². The third kappa shape index (κ3) is 2.23. The molecule has 17 heavy (non-hydrogen) atoms. The standard InChI is InChI=1S/C13H17NO3/c14-5-6-15-13(9-1-2-9)10-3-4-11-12(7-10)17-8-16-11/h3-4,7,9,13H,1-2,5-6,8,14H2. The zero-order valence-corrected chi connectivity index (χ0v) is 9.72. The molecular formula is C13H17NO3. The number of hydrogen-bond donors (Lipinski definition) is 1. The Morgan fingerprint density at radius 3 is 2.88 bits per heavy atom. The van der Waals surface area contributed by atoms with Crippen LogP contribution in [0, 0.1) is 5.92 Å². The van der Waals surface area contributed by atoms with Crippen molar-refractivity contribution in [3.8, 4) is 11.5 Å². The van der Waals surface area contributed by atoms with Gasteiger partial charge in [-0.25, -0.2) is 0 Å². The van der Waals surface area contributed by atoms with Crippen molar-refractivity contribution in [1.29, 1.82) is 0 Å². The summed E-state index contributed by atoms with van der Waals surface area (Å²) in [5, 5.41) is 0. The smallest absolute Gasteiger partial charge is 0.231 e. The molecule has 4 nitrogen and oxygen atoms in total. The van der Waals surface area contributed by atoms with Crippen LogP contribution in [0.15, 0.2) is 18.2 Å². The number of hydrogen-bond acceptors (Lipinski definition) is 4. The summed E-state index contributed by atoms with van der Waals surface area (Å²) in [5.41, 5.74) is 6.67. The summed E-state index contributed by atoms with van der Waals surface area (Å²) in [7, 11) is 0. The lowest BCUT2D eigenvalue weighted by molar-refractivity contribution is 0.0423. The summed E-state index contributed by atoms with van der Waals surface area (Å²) in [6.45, 7) is 1.49. The van der Waals surface area contributed by atoms with Crippen molar-refractivity contribution >= 4 is 0 Å². The highest BCUT2D eigenvalue weighted by Gasteiger charge is 2.33. The van der Waals surface area contributed by atoms with Gasteiger partial charge in [0.25, 0.3) is 0 Å². The largest absolute Gasteiger partial charge is 0.454 e. The van der Waals surface area contributed by atoms with Gasteiger partial charge in [0.15, 0.2) is 11.5 Å². The van der Waals surface area contributed by atoms with E-state index in [4.69, 9.17) is 19.9 Å². The van der Waals surface area contributed by atoms with Crippen molar-refractivity contribution in [2.45, 2.75) is 18.9 Å². The maximum atomic E-state index is 5.84. The molecule has 0 aromatic heterocycles. The molecule has 0 amide bonds. The number of rotatable bonds is 5. The molecule has 1 unspecified atom stereocenters. The van der Waals surface area contributed by atoms with Crippen molar-refractivity contribution in [2.75, 3.05) is 19.9 Å². The molecule has 1 aromatic rings. The third-order valence-corrected chi connectivity index (χ3v) is 3.19. The van der Waals surface area contributed by atoms with Crippen molar-refractivity contribution < 1.29 is 14.2 Å². The highest BCUT2D eigenvalue weighted by atomic mass is 16.7. The van der Waals surface area contributed by atoms with E-state index in [-0.39, 0.29) is 6.10 Å². The molecule has 2 N–H and O–H groups in total. The van der Waals surface area contributed by atoms with Gasteiger partial charge in [-0.3, -0.25) is 0 Å². The predicted octanol–water partition coefficient (Wildman–Crippen LogP) is 1.84. The topological polar surface area (TPSA) is 53.7 Å². The van der Waals surface area contributed by atoms with Crippen LogP contribution in [0.3, 0.4) is 0 Å². The van der Waals surface area contributed by atoms with Crippen LogP contribution in [0.25, 0.3) is 0 Å². The molecule has 1 aliphatic carbocycles. The molecule has 1 fully saturated rings. The van der Waals surface area contributed by atoms with Crippen molar-refractivity contribution in [1.82, 2.24) is 0 Å². The van der Waals surface area contributed by atoms with E-state index in [2.05, 4.69) is 6.07 Å². The Hall–Kier alpha value is -1.26. The minimum Gasteiger partial charge on any atom is -0.454 e. The second-order valence-corrected chi connectivity index (χ2v) is 4.53. The molecule has 92 valence electrons. The van der Waals surface area contributed by atoms with Gasteiger partial charge < -0.3 is 19.9 Å². The second kappa shape index (κ2) is 4.55. The van der Waals surface area contributed by atoms with Crippen molar-refractivity contribution in [2.24, 2.45) is 11.7 Å². The van der Waals surface area contributed by atoms with E-state index in [1.54, 1.807) is 0 Å². The Morgan fingerprint density at radius 1 is 1.29 bits per heavy atom. The van der Waals surface area contributed by atoms with Gasteiger partial charge in [0.1, 0.15) is 0 Å². The fourth-order valence-electron chi connectivity index (χ4n) is 2.19. The first-order chi connectivity index (χ1) is 8.38.